The first kappa shape index (κ1) is 17.9. The Kier molecular flexibility index (Phi) is 10.7. The third kappa shape index (κ3) is 11.0. The molecule has 10 heteroatoms. The van der Waals surface area contributed by atoms with Crippen molar-refractivity contribution in [3.05, 3.63) is 0 Å². The van der Waals surface area contributed by atoms with Crippen molar-refractivity contribution in [1.29, 1.82) is 0 Å². The predicted octanol–water partition coefficient (Wildman–Crippen LogP) is -1.18. The minimum atomic E-state index is -1.11. The van der Waals surface area contributed by atoms with Gasteiger partial charge in [-0.2, -0.15) is 0 Å². The van der Waals surface area contributed by atoms with Gasteiger partial charge in [0.1, 0.15) is 26.4 Å². The van der Waals surface area contributed by atoms with Crippen LogP contribution in [0.4, 0.5) is 9.59 Å². The van der Waals surface area contributed by atoms with Gasteiger partial charge in [-0.15, -0.1) is 0 Å². The molecule has 0 rings (SSSR count). The van der Waals surface area contributed by atoms with Crippen molar-refractivity contribution >= 4 is 18.3 Å². The van der Waals surface area contributed by atoms with E-state index in [2.05, 4.69) is 23.7 Å². The molecule has 10 nitrogen and oxygen atoms in total. The van der Waals surface area contributed by atoms with Crippen molar-refractivity contribution in [3.8, 4) is 0 Å². The minimum Gasteiger partial charge on any atom is -0.460 e. The number of aliphatic hydroxyl groups excluding tert-OH is 2. The fraction of sp³-hybridized carbons (Fsp3) is 0.700. The zero-order valence-electron chi connectivity index (χ0n) is 10.6. The number of ether oxygens (including phenoxy) is 5. The summed E-state index contributed by atoms with van der Waals surface area (Å²) >= 11 is 0. The zero-order chi connectivity index (χ0) is 15.2. The predicted molar refractivity (Wildman–Crippen MR) is 59.7 cm³/mol. The molecule has 2 N–H and O–H groups in total. The van der Waals surface area contributed by atoms with Crippen molar-refractivity contribution in [3.63, 3.8) is 0 Å². The first-order valence-corrected chi connectivity index (χ1v) is 5.56. The smallest absolute Gasteiger partial charge is 0.460 e. The molecule has 0 saturated heterocycles. The van der Waals surface area contributed by atoms with Crippen LogP contribution < -0.4 is 0 Å². The average Bonchev–Trinajstić information content (AvgIpc) is 2.45. The molecule has 0 aromatic carbocycles. The van der Waals surface area contributed by atoms with Gasteiger partial charge in [0.2, 0.25) is 0 Å². The van der Waals surface area contributed by atoms with E-state index >= 15 is 0 Å². The van der Waals surface area contributed by atoms with E-state index in [1.807, 2.05) is 0 Å². The first-order valence-electron chi connectivity index (χ1n) is 5.56. The van der Waals surface area contributed by atoms with Crippen LogP contribution in [0.5, 0.6) is 0 Å². The van der Waals surface area contributed by atoms with Crippen LogP contribution in [-0.4, -0.2) is 74.7 Å². The van der Waals surface area contributed by atoms with Gasteiger partial charge in [0.15, 0.2) is 6.61 Å². The molecule has 0 atom stereocenters. The second-order valence-electron chi connectivity index (χ2n) is 3.00. The lowest BCUT2D eigenvalue weighted by Gasteiger charge is -2.07. The summed E-state index contributed by atoms with van der Waals surface area (Å²) in [5, 5.41) is 16.7. The summed E-state index contributed by atoms with van der Waals surface area (Å²) in [6, 6.07) is 0. The van der Waals surface area contributed by atoms with Crippen molar-refractivity contribution in [2.24, 2.45) is 0 Å². The molecule has 0 bridgehead atoms. The number of esters is 1. The SMILES string of the molecule is O=C(COC(=O)OCCO)OCCOC(=O)OCCO. The molecule has 0 aromatic heterocycles. The van der Waals surface area contributed by atoms with Gasteiger partial charge in [0, 0.05) is 0 Å². The average molecular weight is 296 g/mol. The van der Waals surface area contributed by atoms with Crippen LogP contribution in [-0.2, 0) is 28.5 Å². The molecule has 0 aliphatic rings. The molecular weight excluding hydrogens is 280 g/mol. The molecule has 0 aliphatic heterocycles. The molecule has 0 aliphatic carbocycles. The largest absolute Gasteiger partial charge is 0.508 e. The van der Waals surface area contributed by atoms with E-state index in [-0.39, 0.29) is 39.6 Å². The maximum atomic E-state index is 11.0. The molecule has 116 valence electrons. The Morgan fingerprint density at radius 1 is 0.650 bits per heavy atom. The van der Waals surface area contributed by atoms with Crippen LogP contribution in [0.25, 0.3) is 0 Å². The summed E-state index contributed by atoms with van der Waals surface area (Å²) < 4.78 is 22.0. The van der Waals surface area contributed by atoms with Crippen molar-refractivity contribution in [2.75, 3.05) is 46.2 Å². The molecule has 0 aromatic rings. The van der Waals surface area contributed by atoms with E-state index in [0.717, 1.165) is 0 Å². The van der Waals surface area contributed by atoms with E-state index in [0.29, 0.717) is 0 Å². The standard InChI is InChI=1S/C10H16O10/c11-1-3-17-9(14)19-6-5-16-8(13)7-20-10(15)18-4-2-12/h11-12H,1-7H2. The van der Waals surface area contributed by atoms with Crippen LogP contribution in [0.3, 0.4) is 0 Å². The summed E-state index contributed by atoms with van der Waals surface area (Å²) in [5.41, 5.74) is 0. The van der Waals surface area contributed by atoms with Crippen LogP contribution >= 0.6 is 0 Å². The molecule has 0 unspecified atom stereocenters. The van der Waals surface area contributed by atoms with Crippen LogP contribution in [0.15, 0.2) is 0 Å². The zero-order valence-corrected chi connectivity index (χ0v) is 10.6. The summed E-state index contributed by atoms with van der Waals surface area (Å²) in [7, 11) is 0. The second-order valence-corrected chi connectivity index (χ2v) is 3.00. The van der Waals surface area contributed by atoms with Gasteiger partial charge in [0.25, 0.3) is 0 Å². The normalized spacial score (nSPS) is 9.50. The Morgan fingerprint density at radius 3 is 1.65 bits per heavy atom. The lowest BCUT2D eigenvalue weighted by molar-refractivity contribution is -0.149. The van der Waals surface area contributed by atoms with Crippen molar-refractivity contribution < 1.29 is 48.3 Å². The van der Waals surface area contributed by atoms with Gasteiger partial charge in [-0.05, 0) is 0 Å². The van der Waals surface area contributed by atoms with Crippen LogP contribution in [0.1, 0.15) is 0 Å². The Balaban J connectivity index is 3.49. The highest BCUT2D eigenvalue weighted by molar-refractivity contribution is 5.73. The molecule has 0 radical (unpaired) electrons. The minimum absolute atomic E-state index is 0.192. The van der Waals surface area contributed by atoms with E-state index < -0.39 is 24.9 Å². The number of carbonyl (C=O) groups is 3. The van der Waals surface area contributed by atoms with Crippen LogP contribution in [0.2, 0.25) is 0 Å². The van der Waals surface area contributed by atoms with E-state index in [1.54, 1.807) is 0 Å². The maximum Gasteiger partial charge on any atom is 0.508 e. The maximum absolute atomic E-state index is 11.0. The molecule has 0 saturated carbocycles. The number of aliphatic hydroxyl groups is 2. The Morgan fingerprint density at radius 2 is 1.10 bits per heavy atom. The number of rotatable bonds is 9. The Bertz CT molecular complexity index is 302. The number of carbonyl (C=O) groups excluding carboxylic acids is 3. The van der Waals surface area contributed by atoms with Gasteiger partial charge in [-0.25, -0.2) is 14.4 Å². The first-order chi connectivity index (χ1) is 9.60. The molecule has 0 fully saturated rings. The summed E-state index contributed by atoms with van der Waals surface area (Å²) in [5.74, 6) is -0.863. The van der Waals surface area contributed by atoms with Gasteiger partial charge in [0.05, 0.1) is 13.2 Å². The molecule has 20 heavy (non-hydrogen) atoms. The van der Waals surface area contributed by atoms with Crippen LogP contribution in [0, 0.1) is 0 Å². The molecular formula is C10H16O10. The van der Waals surface area contributed by atoms with Gasteiger partial charge in [-0.3, -0.25) is 0 Å². The summed E-state index contributed by atoms with van der Waals surface area (Å²) in [6.07, 6.45) is -2.11. The monoisotopic (exact) mass is 296 g/mol. The Labute approximate surface area is 114 Å². The highest BCUT2D eigenvalue weighted by Crippen LogP contribution is 1.89. The second kappa shape index (κ2) is 12.0. The van der Waals surface area contributed by atoms with Gasteiger partial charge >= 0.3 is 18.3 Å². The molecule has 0 heterocycles. The number of hydrogen-bond acceptors (Lipinski definition) is 10. The molecule has 0 amide bonds. The third-order valence-corrected chi connectivity index (χ3v) is 1.50. The Hall–Kier alpha value is -2.07. The van der Waals surface area contributed by atoms with E-state index in [9.17, 15) is 14.4 Å². The van der Waals surface area contributed by atoms with Crippen molar-refractivity contribution in [2.45, 2.75) is 0 Å². The fourth-order valence-corrected chi connectivity index (χ4v) is 0.781. The van der Waals surface area contributed by atoms with Gasteiger partial charge in [-0.1, -0.05) is 0 Å². The number of hydrogen-bond donors (Lipinski definition) is 2. The summed E-state index contributed by atoms with van der Waals surface area (Å²) in [4.78, 5) is 32.5. The topological polar surface area (TPSA) is 138 Å². The van der Waals surface area contributed by atoms with Crippen molar-refractivity contribution in [1.82, 2.24) is 0 Å². The highest BCUT2D eigenvalue weighted by atomic mass is 16.7. The fourth-order valence-electron chi connectivity index (χ4n) is 0.781. The quantitative estimate of drug-likeness (QED) is 0.303. The lowest BCUT2D eigenvalue weighted by atomic mass is 10.7. The van der Waals surface area contributed by atoms with E-state index in [1.165, 1.54) is 0 Å². The molecule has 0 spiro atoms. The third-order valence-electron chi connectivity index (χ3n) is 1.50. The summed E-state index contributed by atoms with van der Waals surface area (Å²) in [6.45, 7) is -2.27. The highest BCUT2D eigenvalue weighted by Gasteiger charge is 2.10. The lowest BCUT2D eigenvalue weighted by Crippen LogP contribution is -2.20. The van der Waals surface area contributed by atoms with E-state index in [4.69, 9.17) is 10.2 Å². The van der Waals surface area contributed by atoms with Gasteiger partial charge < -0.3 is 33.9 Å².